The van der Waals surface area contributed by atoms with Crippen LogP contribution >= 0.6 is 0 Å². The van der Waals surface area contributed by atoms with Crippen LogP contribution in [0.4, 0.5) is 0 Å². The van der Waals surface area contributed by atoms with E-state index in [2.05, 4.69) is 4.74 Å². The van der Waals surface area contributed by atoms with E-state index in [1.54, 1.807) is 13.0 Å². The molecule has 0 aliphatic carbocycles. The summed E-state index contributed by atoms with van der Waals surface area (Å²) in [6, 6.07) is 1.93. The summed E-state index contributed by atoms with van der Waals surface area (Å²) in [7, 11) is 1.25. The average molecular weight is 197 g/mol. The molecule has 1 atom stereocenters. The Morgan fingerprint density at radius 2 is 2.36 bits per heavy atom. The molecule has 0 rings (SSSR count). The topological polar surface area (TPSA) is 70.3 Å². The molecule has 0 aromatic rings. The van der Waals surface area contributed by atoms with E-state index in [-0.39, 0.29) is 13.0 Å². The maximum atomic E-state index is 11.4. The van der Waals surface area contributed by atoms with Crippen molar-refractivity contribution in [2.24, 2.45) is 5.41 Å². The van der Waals surface area contributed by atoms with Gasteiger partial charge in [0.1, 0.15) is 0 Å². The van der Waals surface area contributed by atoms with E-state index in [1.165, 1.54) is 13.2 Å². The fourth-order valence-electron chi connectivity index (χ4n) is 1.22. The van der Waals surface area contributed by atoms with Crippen LogP contribution in [-0.2, 0) is 9.53 Å². The lowest BCUT2D eigenvalue weighted by Gasteiger charge is -2.18. The van der Waals surface area contributed by atoms with Crippen molar-refractivity contribution >= 4 is 5.97 Å². The Hall–Kier alpha value is -1.34. The van der Waals surface area contributed by atoms with Crippen LogP contribution in [0, 0.1) is 16.7 Å². The molecule has 0 radical (unpaired) electrons. The van der Waals surface area contributed by atoms with Crippen LogP contribution in [0.15, 0.2) is 12.2 Å². The standard InChI is InChI=1S/C10H15NO3/c1-3-5-10(8-11,6-4-7-12)9(13)14-2/h3,5,12H,4,6-7H2,1-2H3/b5-3+. The predicted molar refractivity (Wildman–Crippen MR) is 51.2 cm³/mol. The summed E-state index contributed by atoms with van der Waals surface area (Å²) in [5.41, 5.74) is -1.24. The summed E-state index contributed by atoms with van der Waals surface area (Å²) in [5, 5.41) is 17.6. The molecule has 0 bridgehead atoms. The molecule has 4 heteroatoms. The van der Waals surface area contributed by atoms with Gasteiger partial charge in [0, 0.05) is 6.61 Å². The molecule has 0 fully saturated rings. The first-order valence-corrected chi connectivity index (χ1v) is 4.41. The van der Waals surface area contributed by atoms with E-state index < -0.39 is 11.4 Å². The van der Waals surface area contributed by atoms with Crippen molar-refractivity contribution in [1.29, 1.82) is 5.26 Å². The van der Waals surface area contributed by atoms with Crippen LogP contribution in [0.3, 0.4) is 0 Å². The summed E-state index contributed by atoms with van der Waals surface area (Å²) in [6.45, 7) is 1.69. The quantitative estimate of drug-likeness (QED) is 0.527. The third kappa shape index (κ3) is 2.86. The number of carbonyl (C=O) groups is 1. The van der Waals surface area contributed by atoms with Gasteiger partial charge in [-0.3, -0.25) is 0 Å². The molecule has 0 aromatic heterocycles. The summed E-state index contributed by atoms with van der Waals surface area (Å²) in [6.07, 6.45) is 3.82. The lowest BCUT2D eigenvalue weighted by molar-refractivity contribution is -0.147. The Labute approximate surface area is 83.8 Å². The lowest BCUT2D eigenvalue weighted by Crippen LogP contribution is -2.29. The second-order valence-corrected chi connectivity index (χ2v) is 2.90. The van der Waals surface area contributed by atoms with Gasteiger partial charge in [-0.15, -0.1) is 0 Å². The van der Waals surface area contributed by atoms with Gasteiger partial charge in [0.15, 0.2) is 5.41 Å². The Morgan fingerprint density at radius 1 is 1.71 bits per heavy atom. The van der Waals surface area contributed by atoms with Crippen LogP contribution in [0.5, 0.6) is 0 Å². The van der Waals surface area contributed by atoms with Crippen molar-refractivity contribution in [3.8, 4) is 6.07 Å². The minimum Gasteiger partial charge on any atom is -0.468 e. The second-order valence-electron chi connectivity index (χ2n) is 2.90. The monoisotopic (exact) mass is 197 g/mol. The third-order valence-electron chi connectivity index (χ3n) is 1.93. The molecule has 0 amide bonds. The summed E-state index contributed by atoms with van der Waals surface area (Å²) in [4.78, 5) is 11.4. The van der Waals surface area contributed by atoms with Crippen molar-refractivity contribution in [2.75, 3.05) is 13.7 Å². The average Bonchev–Trinajstić information content (AvgIpc) is 2.23. The molecule has 1 unspecified atom stereocenters. The smallest absolute Gasteiger partial charge is 0.330 e. The number of rotatable bonds is 5. The molecule has 0 saturated carbocycles. The van der Waals surface area contributed by atoms with Crippen LogP contribution in [0.2, 0.25) is 0 Å². The number of esters is 1. The van der Waals surface area contributed by atoms with Gasteiger partial charge >= 0.3 is 5.97 Å². The Bertz CT molecular complexity index is 255. The Balaban J connectivity index is 4.80. The van der Waals surface area contributed by atoms with Crippen molar-refractivity contribution in [1.82, 2.24) is 0 Å². The summed E-state index contributed by atoms with van der Waals surface area (Å²) < 4.78 is 4.56. The zero-order valence-electron chi connectivity index (χ0n) is 8.49. The third-order valence-corrected chi connectivity index (χ3v) is 1.93. The van der Waals surface area contributed by atoms with Gasteiger partial charge in [0.2, 0.25) is 0 Å². The van der Waals surface area contributed by atoms with Crippen molar-refractivity contribution in [3.05, 3.63) is 12.2 Å². The van der Waals surface area contributed by atoms with E-state index in [9.17, 15) is 4.79 Å². The molecular weight excluding hydrogens is 182 g/mol. The largest absolute Gasteiger partial charge is 0.468 e. The maximum Gasteiger partial charge on any atom is 0.330 e. The molecule has 0 aliphatic heterocycles. The summed E-state index contributed by atoms with van der Waals surface area (Å²) in [5.74, 6) is -0.577. The van der Waals surface area contributed by atoms with Crippen LogP contribution in [0.1, 0.15) is 19.8 Å². The van der Waals surface area contributed by atoms with Gasteiger partial charge in [-0.2, -0.15) is 5.26 Å². The van der Waals surface area contributed by atoms with Gasteiger partial charge in [-0.25, -0.2) is 4.79 Å². The van der Waals surface area contributed by atoms with E-state index in [0.29, 0.717) is 6.42 Å². The van der Waals surface area contributed by atoms with Gasteiger partial charge in [-0.1, -0.05) is 12.2 Å². The molecule has 0 heterocycles. The van der Waals surface area contributed by atoms with Crippen molar-refractivity contribution in [3.63, 3.8) is 0 Å². The first-order chi connectivity index (χ1) is 6.66. The van der Waals surface area contributed by atoms with Crippen molar-refractivity contribution < 1.29 is 14.6 Å². The SMILES string of the molecule is C/C=C/C(C#N)(CCCO)C(=O)OC. The number of aliphatic hydroxyl groups excluding tert-OH is 1. The number of nitriles is 1. The van der Waals surface area contributed by atoms with E-state index in [1.807, 2.05) is 6.07 Å². The highest BCUT2D eigenvalue weighted by Gasteiger charge is 2.36. The maximum absolute atomic E-state index is 11.4. The fraction of sp³-hybridized carbons (Fsp3) is 0.600. The number of hydrogen-bond donors (Lipinski definition) is 1. The number of aliphatic hydroxyl groups is 1. The van der Waals surface area contributed by atoms with Gasteiger partial charge in [0.05, 0.1) is 13.2 Å². The zero-order chi connectivity index (χ0) is 11.0. The summed E-state index contributed by atoms with van der Waals surface area (Å²) >= 11 is 0. The lowest BCUT2D eigenvalue weighted by atomic mass is 9.84. The fourth-order valence-corrected chi connectivity index (χ4v) is 1.22. The molecule has 0 aromatic carbocycles. The first-order valence-electron chi connectivity index (χ1n) is 4.41. The van der Waals surface area contributed by atoms with Crippen LogP contribution < -0.4 is 0 Å². The minimum absolute atomic E-state index is 0.0437. The molecule has 1 N–H and O–H groups in total. The normalized spacial score (nSPS) is 14.7. The highest BCUT2D eigenvalue weighted by Crippen LogP contribution is 2.26. The van der Waals surface area contributed by atoms with Gasteiger partial charge in [-0.05, 0) is 19.8 Å². The Kier molecular flexibility index (Phi) is 5.58. The van der Waals surface area contributed by atoms with Crippen molar-refractivity contribution in [2.45, 2.75) is 19.8 Å². The number of carbonyl (C=O) groups excluding carboxylic acids is 1. The molecule has 4 nitrogen and oxygen atoms in total. The Morgan fingerprint density at radius 3 is 2.71 bits per heavy atom. The number of allylic oxidation sites excluding steroid dienone is 1. The number of ether oxygens (including phenoxy) is 1. The number of hydrogen-bond acceptors (Lipinski definition) is 4. The second kappa shape index (κ2) is 6.17. The highest BCUT2D eigenvalue weighted by atomic mass is 16.5. The molecular formula is C10H15NO3. The molecule has 0 saturated heterocycles. The molecule has 14 heavy (non-hydrogen) atoms. The molecule has 78 valence electrons. The van der Waals surface area contributed by atoms with E-state index in [0.717, 1.165) is 0 Å². The number of methoxy groups -OCH3 is 1. The molecule has 0 aliphatic rings. The van der Waals surface area contributed by atoms with Crippen LogP contribution in [-0.4, -0.2) is 24.8 Å². The number of nitrogens with zero attached hydrogens (tertiary/aromatic N) is 1. The predicted octanol–water partition coefficient (Wildman–Crippen LogP) is 1.02. The van der Waals surface area contributed by atoms with E-state index >= 15 is 0 Å². The highest BCUT2D eigenvalue weighted by molar-refractivity contribution is 5.82. The van der Waals surface area contributed by atoms with E-state index in [4.69, 9.17) is 10.4 Å². The first kappa shape index (κ1) is 12.7. The van der Waals surface area contributed by atoms with Gasteiger partial charge in [0.25, 0.3) is 0 Å². The zero-order valence-corrected chi connectivity index (χ0v) is 8.49. The van der Waals surface area contributed by atoms with Crippen LogP contribution in [0.25, 0.3) is 0 Å². The minimum atomic E-state index is -1.24. The molecule has 0 spiro atoms. The van der Waals surface area contributed by atoms with Gasteiger partial charge < -0.3 is 9.84 Å².